The molecule has 3 atom stereocenters. The normalized spacial score (nSPS) is 23.5. The number of benzene rings is 2. The average molecular weight is 690 g/mol. The first-order valence-electron chi connectivity index (χ1n) is 17.5. The van der Waals surface area contributed by atoms with E-state index >= 15 is 0 Å². The SMILES string of the molecule is CC(C)C[C@H]1NC(=O)c2ccccc2OC/C(N=N)=C/NCCCOCCCNC(=O)[C@H](Cc2ccccc2)N(C)C(=O)[C@H]2CCCN2C1=O. The van der Waals surface area contributed by atoms with Crippen molar-refractivity contribution in [3.05, 3.63) is 77.6 Å². The molecule has 13 heteroatoms. The number of hydrogen-bond donors (Lipinski definition) is 4. The molecule has 1 fully saturated rings. The van der Waals surface area contributed by atoms with Crippen molar-refractivity contribution in [1.82, 2.24) is 25.8 Å². The van der Waals surface area contributed by atoms with Crippen molar-refractivity contribution in [2.24, 2.45) is 11.0 Å². The van der Waals surface area contributed by atoms with Crippen LogP contribution in [0.25, 0.3) is 0 Å². The van der Waals surface area contributed by atoms with Crippen LogP contribution in [0.1, 0.15) is 61.9 Å². The summed E-state index contributed by atoms with van der Waals surface area (Å²) >= 11 is 0. The topological polar surface area (TPSA) is 166 Å². The van der Waals surface area contributed by atoms with Crippen molar-refractivity contribution >= 4 is 23.6 Å². The van der Waals surface area contributed by atoms with Crippen LogP contribution in [-0.2, 0) is 25.5 Å². The standard InChI is InChI=1S/C37H51N7O6/c1-26(2)22-30-36(47)44-19-9-15-31(44)37(48)43(3)32(23-27-12-5-4-6-13-27)35(46)40-18-11-21-49-20-10-17-39-24-28(42-38)25-50-33-16-8-7-14-29(33)34(45)41-30/h4-8,12-14,16,24,26,30-32,38-39H,9-11,15,17-23,25H2,1-3H3,(H,40,46)(H,41,45)/b28-24-,42-38?/t30-,31-,32+/m1/s1. The number of hydrogen-bond acceptors (Lipinski definition) is 9. The Balaban J connectivity index is 1.61. The second kappa shape index (κ2) is 19.4. The van der Waals surface area contributed by atoms with Crippen molar-refractivity contribution in [2.45, 2.75) is 70.5 Å². The van der Waals surface area contributed by atoms with Gasteiger partial charge in [-0.05, 0) is 55.7 Å². The first kappa shape index (κ1) is 38.0. The second-order valence-electron chi connectivity index (χ2n) is 13.1. The van der Waals surface area contributed by atoms with E-state index in [-0.39, 0.29) is 41.6 Å². The molecule has 4 amide bonds. The number of para-hydroxylation sites is 1. The fourth-order valence-corrected chi connectivity index (χ4v) is 6.16. The summed E-state index contributed by atoms with van der Waals surface area (Å²) in [5, 5.41) is 12.6. The van der Waals surface area contributed by atoms with E-state index in [0.29, 0.717) is 77.1 Å². The van der Waals surface area contributed by atoms with Gasteiger partial charge in [-0.1, -0.05) is 56.3 Å². The van der Waals surface area contributed by atoms with Gasteiger partial charge in [-0.3, -0.25) is 19.2 Å². The monoisotopic (exact) mass is 689 g/mol. The van der Waals surface area contributed by atoms with E-state index in [4.69, 9.17) is 15.0 Å². The summed E-state index contributed by atoms with van der Waals surface area (Å²) in [4.78, 5) is 58.7. The van der Waals surface area contributed by atoms with Crippen LogP contribution in [0, 0.1) is 11.4 Å². The molecule has 0 bridgehead atoms. The third kappa shape index (κ3) is 10.9. The van der Waals surface area contributed by atoms with Crippen LogP contribution in [0.4, 0.5) is 0 Å². The molecule has 13 nitrogen and oxygen atoms in total. The van der Waals surface area contributed by atoms with Crippen LogP contribution in [0.3, 0.4) is 0 Å². The van der Waals surface area contributed by atoms with Gasteiger partial charge in [-0.15, -0.1) is 0 Å². The number of ether oxygens (including phenoxy) is 2. The number of fused-ring (bicyclic) bond motifs is 2. The number of nitrogens with zero attached hydrogens (tertiary/aromatic N) is 3. The lowest BCUT2D eigenvalue weighted by Gasteiger charge is -2.34. The predicted molar refractivity (Wildman–Crippen MR) is 188 cm³/mol. The quantitative estimate of drug-likeness (QED) is 0.348. The maximum Gasteiger partial charge on any atom is 0.255 e. The van der Waals surface area contributed by atoms with Crippen LogP contribution < -0.4 is 20.7 Å². The minimum Gasteiger partial charge on any atom is -0.486 e. The minimum atomic E-state index is -0.891. The molecule has 2 aromatic rings. The van der Waals surface area contributed by atoms with E-state index in [9.17, 15) is 19.2 Å². The molecule has 0 aromatic heterocycles. The van der Waals surface area contributed by atoms with Gasteiger partial charge in [-0.2, -0.15) is 5.11 Å². The highest BCUT2D eigenvalue weighted by molar-refractivity contribution is 6.00. The van der Waals surface area contributed by atoms with Crippen molar-refractivity contribution in [3.63, 3.8) is 0 Å². The molecule has 2 heterocycles. The molecule has 2 aromatic carbocycles. The van der Waals surface area contributed by atoms with Gasteiger partial charge in [0.25, 0.3) is 5.91 Å². The van der Waals surface area contributed by atoms with Crippen molar-refractivity contribution < 1.29 is 28.7 Å². The Kier molecular flexibility index (Phi) is 14.8. The highest BCUT2D eigenvalue weighted by atomic mass is 16.5. The Bertz CT molecular complexity index is 1480. The third-order valence-corrected chi connectivity index (χ3v) is 8.82. The van der Waals surface area contributed by atoms with E-state index in [1.54, 1.807) is 42.4 Å². The van der Waals surface area contributed by atoms with E-state index in [2.05, 4.69) is 21.1 Å². The summed E-state index contributed by atoms with van der Waals surface area (Å²) in [5.74, 6) is -1.07. The lowest BCUT2D eigenvalue weighted by Crippen LogP contribution is -2.57. The Labute approximate surface area is 294 Å². The zero-order valence-corrected chi connectivity index (χ0v) is 29.4. The number of amides is 4. The number of nitrogens with one attached hydrogen (secondary N) is 4. The Morgan fingerprint density at radius 3 is 2.40 bits per heavy atom. The minimum absolute atomic E-state index is 0.0479. The first-order chi connectivity index (χ1) is 24.2. The highest BCUT2D eigenvalue weighted by Gasteiger charge is 2.41. The van der Waals surface area contributed by atoms with Crippen LogP contribution in [0.2, 0.25) is 0 Å². The van der Waals surface area contributed by atoms with Crippen molar-refractivity contribution in [2.75, 3.05) is 46.5 Å². The van der Waals surface area contributed by atoms with Gasteiger partial charge in [0.1, 0.15) is 36.2 Å². The van der Waals surface area contributed by atoms with Gasteiger partial charge < -0.3 is 35.2 Å². The molecule has 0 saturated carbocycles. The Hall–Kier alpha value is -4.78. The van der Waals surface area contributed by atoms with Gasteiger partial charge in [0.15, 0.2) is 0 Å². The molecule has 4 rings (SSSR count). The molecule has 0 aliphatic carbocycles. The number of rotatable bonds is 5. The summed E-state index contributed by atoms with van der Waals surface area (Å²) in [6.45, 7) is 6.18. The van der Waals surface area contributed by atoms with E-state index < -0.39 is 24.0 Å². The van der Waals surface area contributed by atoms with Crippen molar-refractivity contribution in [1.29, 1.82) is 5.53 Å². The molecular weight excluding hydrogens is 638 g/mol. The van der Waals surface area contributed by atoms with Crippen LogP contribution in [0.5, 0.6) is 5.75 Å². The lowest BCUT2D eigenvalue weighted by molar-refractivity contribution is -0.147. The molecule has 4 N–H and O–H groups in total. The van der Waals surface area contributed by atoms with E-state index in [1.807, 2.05) is 44.2 Å². The average Bonchev–Trinajstić information content (AvgIpc) is 3.61. The summed E-state index contributed by atoms with van der Waals surface area (Å²) in [6, 6.07) is 13.8. The number of likely N-dealkylation sites (N-methyl/N-ethyl adjacent to an activating group) is 1. The van der Waals surface area contributed by atoms with Crippen LogP contribution in [0.15, 0.2) is 71.6 Å². The summed E-state index contributed by atoms with van der Waals surface area (Å²) in [5.41, 5.74) is 9.03. The maximum atomic E-state index is 14.2. The van der Waals surface area contributed by atoms with Gasteiger partial charge in [-0.25, -0.2) is 5.53 Å². The molecule has 50 heavy (non-hydrogen) atoms. The molecule has 1 saturated heterocycles. The Morgan fingerprint density at radius 2 is 1.66 bits per heavy atom. The molecule has 0 spiro atoms. The summed E-state index contributed by atoms with van der Waals surface area (Å²) in [6.07, 6.45) is 4.66. The van der Waals surface area contributed by atoms with Crippen LogP contribution >= 0.6 is 0 Å². The first-order valence-corrected chi connectivity index (χ1v) is 17.5. The maximum absolute atomic E-state index is 14.2. The fraction of sp³-hybridized carbons (Fsp3) is 0.514. The molecule has 0 unspecified atom stereocenters. The molecule has 270 valence electrons. The number of carbonyl (C=O) groups excluding carboxylic acids is 4. The van der Waals surface area contributed by atoms with Gasteiger partial charge in [0.05, 0.1) is 5.56 Å². The molecule has 2 aliphatic heterocycles. The van der Waals surface area contributed by atoms with Gasteiger partial charge in [0.2, 0.25) is 17.7 Å². The third-order valence-electron chi connectivity index (χ3n) is 8.82. The zero-order valence-electron chi connectivity index (χ0n) is 29.4. The smallest absolute Gasteiger partial charge is 0.255 e. The highest BCUT2D eigenvalue weighted by Crippen LogP contribution is 2.25. The lowest BCUT2D eigenvalue weighted by atomic mass is 10.0. The summed E-state index contributed by atoms with van der Waals surface area (Å²) in [7, 11) is 1.62. The molecular formula is C37H51N7O6. The van der Waals surface area contributed by atoms with E-state index in [0.717, 1.165) is 5.56 Å². The van der Waals surface area contributed by atoms with E-state index in [1.165, 1.54) is 4.90 Å². The fourth-order valence-electron chi connectivity index (χ4n) is 6.16. The second-order valence-corrected chi connectivity index (χ2v) is 13.1. The largest absolute Gasteiger partial charge is 0.486 e. The predicted octanol–water partition coefficient (Wildman–Crippen LogP) is 3.66. The van der Waals surface area contributed by atoms with Crippen molar-refractivity contribution in [3.8, 4) is 5.75 Å². The number of carbonyl (C=O) groups is 4. The van der Waals surface area contributed by atoms with Crippen LogP contribution in [-0.4, -0.2) is 98.1 Å². The van der Waals surface area contributed by atoms with Gasteiger partial charge >= 0.3 is 0 Å². The molecule has 2 aliphatic rings. The molecule has 0 radical (unpaired) electrons. The zero-order chi connectivity index (χ0) is 35.9. The summed E-state index contributed by atoms with van der Waals surface area (Å²) < 4.78 is 11.7. The Morgan fingerprint density at radius 1 is 0.940 bits per heavy atom. The van der Waals surface area contributed by atoms with Gasteiger partial charge in [0, 0.05) is 52.5 Å².